The largest absolute Gasteiger partial charge is 0.332 e. The lowest BCUT2D eigenvalue weighted by Crippen LogP contribution is -2.21. The van der Waals surface area contributed by atoms with Gasteiger partial charge in [0, 0.05) is 11.4 Å². The van der Waals surface area contributed by atoms with Crippen LogP contribution in [0.15, 0.2) is 53.3 Å². The molecule has 0 spiro atoms. The molecule has 0 fully saturated rings. The van der Waals surface area contributed by atoms with E-state index >= 15 is 0 Å². The second-order valence-corrected chi connectivity index (χ2v) is 3.94. The molecule has 0 aromatic heterocycles. The molecule has 3 heteroatoms. The first-order chi connectivity index (χ1) is 6.95. The summed E-state index contributed by atoms with van der Waals surface area (Å²) in [4.78, 5) is 5.76. The Bertz CT molecular complexity index is 555. The molecule has 1 aromatic carbocycles. The molecule has 1 N–H and O–H groups in total. The van der Waals surface area contributed by atoms with E-state index in [9.17, 15) is 0 Å². The van der Waals surface area contributed by atoms with Gasteiger partial charge in [-0.3, -0.25) is 0 Å². The molecule has 0 radical (unpaired) electrons. The van der Waals surface area contributed by atoms with Crippen molar-refractivity contribution in [3.63, 3.8) is 0 Å². The molecule has 14 heavy (non-hydrogen) atoms. The van der Waals surface area contributed by atoms with E-state index in [-0.39, 0.29) is 0 Å². The molecule has 1 aromatic rings. The number of hydrogen-bond donors (Lipinski definition) is 1. The smallest absolute Gasteiger partial charge is 0.0798 e. The van der Waals surface area contributed by atoms with Gasteiger partial charge in [0.2, 0.25) is 0 Å². The zero-order valence-corrected chi connectivity index (χ0v) is 8.21. The van der Waals surface area contributed by atoms with Gasteiger partial charge in [-0.25, -0.2) is 4.99 Å². The zero-order chi connectivity index (χ0) is 9.38. The van der Waals surface area contributed by atoms with Gasteiger partial charge in [0.25, 0.3) is 0 Å². The predicted molar refractivity (Wildman–Crippen MR) is 58.6 cm³/mol. The minimum atomic E-state index is 1.05. The van der Waals surface area contributed by atoms with Crippen LogP contribution in [-0.2, 0) is 0 Å². The van der Waals surface area contributed by atoms with Crippen LogP contribution in [0.4, 0.5) is 0 Å². The Morgan fingerprint density at radius 2 is 2.14 bits per heavy atom. The summed E-state index contributed by atoms with van der Waals surface area (Å²) in [5.41, 5.74) is 1.05. The van der Waals surface area contributed by atoms with E-state index in [1.54, 1.807) is 11.9 Å². The van der Waals surface area contributed by atoms with Crippen molar-refractivity contribution in [3.05, 3.63) is 58.9 Å². The maximum absolute atomic E-state index is 4.55. The van der Waals surface area contributed by atoms with Crippen molar-refractivity contribution >= 4 is 16.9 Å². The average Bonchev–Trinajstić information content (AvgIpc) is 2.42. The van der Waals surface area contributed by atoms with E-state index in [2.05, 4.69) is 15.8 Å². The lowest BCUT2D eigenvalue weighted by molar-refractivity contribution is 1.32. The van der Waals surface area contributed by atoms with Gasteiger partial charge in [0.15, 0.2) is 0 Å². The number of rotatable bonds is 0. The molecule has 0 aliphatic carbocycles. The van der Waals surface area contributed by atoms with E-state index in [0.29, 0.717) is 0 Å². The molecule has 0 atom stereocenters. The monoisotopic (exact) mass is 200 g/mol. The molecule has 0 bridgehead atoms. The molecule has 0 saturated carbocycles. The van der Waals surface area contributed by atoms with Crippen LogP contribution in [0.1, 0.15) is 0 Å². The van der Waals surface area contributed by atoms with Crippen molar-refractivity contribution in [2.75, 3.05) is 0 Å². The summed E-state index contributed by atoms with van der Waals surface area (Å²) in [5.74, 6) is 0. The fourth-order valence-electron chi connectivity index (χ4n) is 1.57. The lowest BCUT2D eigenvalue weighted by Gasteiger charge is -1.98. The third kappa shape index (κ3) is 1.09. The molecule has 68 valence electrons. The van der Waals surface area contributed by atoms with Gasteiger partial charge in [-0.05, 0) is 30.2 Å². The normalized spacial score (nSPS) is 17.4. The van der Waals surface area contributed by atoms with Gasteiger partial charge in [0.05, 0.1) is 16.0 Å². The molecule has 2 heterocycles. The second-order valence-electron chi connectivity index (χ2n) is 3.09. The summed E-state index contributed by atoms with van der Waals surface area (Å²) in [7, 11) is 0. The van der Waals surface area contributed by atoms with Crippen LogP contribution in [-0.4, -0.2) is 0 Å². The van der Waals surface area contributed by atoms with Crippen LogP contribution in [0, 0.1) is 0 Å². The highest BCUT2D eigenvalue weighted by molar-refractivity contribution is 8.06. The van der Waals surface area contributed by atoms with Crippen LogP contribution >= 0.6 is 11.9 Å². The molecule has 0 saturated heterocycles. The van der Waals surface area contributed by atoms with Crippen molar-refractivity contribution in [1.82, 2.24) is 4.72 Å². The van der Waals surface area contributed by atoms with E-state index in [0.717, 1.165) is 11.1 Å². The van der Waals surface area contributed by atoms with E-state index < -0.39 is 0 Å². The molecule has 0 unspecified atom stereocenters. The van der Waals surface area contributed by atoms with E-state index in [1.807, 2.05) is 36.6 Å². The quantitative estimate of drug-likeness (QED) is 0.634. The summed E-state index contributed by atoms with van der Waals surface area (Å²) in [6.45, 7) is 0. The Morgan fingerprint density at radius 3 is 3.14 bits per heavy atom. The highest BCUT2D eigenvalue weighted by atomic mass is 32.2. The van der Waals surface area contributed by atoms with Gasteiger partial charge in [-0.2, -0.15) is 0 Å². The van der Waals surface area contributed by atoms with E-state index in [1.165, 1.54) is 10.1 Å². The predicted octanol–water partition coefficient (Wildman–Crippen LogP) is 1.08. The highest BCUT2D eigenvalue weighted by Gasteiger charge is 2.13. The zero-order valence-electron chi connectivity index (χ0n) is 7.40. The van der Waals surface area contributed by atoms with Crippen LogP contribution in [0.2, 0.25) is 0 Å². The number of fused-ring (bicyclic) bond motifs is 2. The number of allylic oxidation sites excluding steroid dienone is 2. The first-order valence-corrected chi connectivity index (χ1v) is 5.24. The summed E-state index contributed by atoms with van der Waals surface area (Å²) in [5, 5.41) is 2.29. The van der Waals surface area contributed by atoms with Crippen molar-refractivity contribution in [2.45, 2.75) is 0 Å². The van der Waals surface area contributed by atoms with Gasteiger partial charge in [0.1, 0.15) is 0 Å². The third-order valence-corrected chi connectivity index (χ3v) is 3.09. The van der Waals surface area contributed by atoms with Crippen LogP contribution in [0.3, 0.4) is 0 Å². The fraction of sp³-hybridized carbons (Fsp3) is 0. The van der Waals surface area contributed by atoms with Gasteiger partial charge in [-0.1, -0.05) is 18.2 Å². The number of benzene rings is 1. The Balaban J connectivity index is 2.37. The Labute approximate surface area is 85.9 Å². The fourth-order valence-corrected chi connectivity index (χ4v) is 2.34. The average molecular weight is 200 g/mol. The standard InChI is InChI=1S/C11H8N2S/c1-2-5-9-8(4-1)11-10(13-9)6-3-7-12-14-11/h1-7,12H. The van der Waals surface area contributed by atoms with Crippen molar-refractivity contribution < 1.29 is 0 Å². The van der Waals surface area contributed by atoms with Crippen molar-refractivity contribution in [2.24, 2.45) is 4.99 Å². The van der Waals surface area contributed by atoms with Crippen LogP contribution < -0.4 is 15.3 Å². The van der Waals surface area contributed by atoms with Crippen LogP contribution in [0.25, 0.3) is 4.91 Å². The summed E-state index contributed by atoms with van der Waals surface area (Å²) in [6.07, 6.45) is 5.92. The van der Waals surface area contributed by atoms with Crippen molar-refractivity contribution in [3.8, 4) is 0 Å². The molecule has 2 aliphatic rings. The minimum Gasteiger partial charge on any atom is -0.332 e. The number of nitrogens with zero attached hydrogens (tertiary/aromatic N) is 1. The number of hydrogen-bond acceptors (Lipinski definition) is 3. The lowest BCUT2D eigenvalue weighted by atomic mass is 10.3. The summed E-state index contributed by atoms with van der Waals surface area (Å²) >= 11 is 1.62. The van der Waals surface area contributed by atoms with Gasteiger partial charge in [-0.15, -0.1) is 0 Å². The van der Waals surface area contributed by atoms with Crippen LogP contribution in [0.5, 0.6) is 0 Å². The Kier molecular flexibility index (Phi) is 1.70. The Morgan fingerprint density at radius 1 is 1.21 bits per heavy atom. The number of nitrogens with one attached hydrogen (secondary N) is 1. The maximum atomic E-state index is 4.55. The SMILES string of the molecule is C1=CNSC2=c3ccccc3=NC2=C1. The molecular weight excluding hydrogens is 192 g/mol. The summed E-state index contributed by atoms with van der Waals surface area (Å²) < 4.78 is 3.15. The summed E-state index contributed by atoms with van der Waals surface area (Å²) in [6, 6.07) is 8.21. The molecule has 2 nitrogen and oxygen atoms in total. The minimum absolute atomic E-state index is 1.05. The molecule has 2 aliphatic heterocycles. The molecule has 3 rings (SSSR count). The maximum Gasteiger partial charge on any atom is 0.0798 e. The second kappa shape index (κ2) is 3.03. The molecule has 0 amide bonds. The van der Waals surface area contributed by atoms with Crippen molar-refractivity contribution in [1.29, 1.82) is 0 Å². The first-order valence-electron chi connectivity index (χ1n) is 4.43. The highest BCUT2D eigenvalue weighted by Crippen LogP contribution is 2.25. The topological polar surface area (TPSA) is 24.4 Å². The van der Waals surface area contributed by atoms with Gasteiger partial charge >= 0.3 is 0 Å². The van der Waals surface area contributed by atoms with E-state index in [4.69, 9.17) is 0 Å². The first kappa shape index (κ1) is 7.88. The number of para-hydroxylation sites is 1. The third-order valence-electron chi connectivity index (χ3n) is 2.20. The van der Waals surface area contributed by atoms with Gasteiger partial charge < -0.3 is 4.72 Å². The Hall–Kier alpha value is -1.48. The molecular formula is C11H8N2S.